The van der Waals surface area contributed by atoms with Gasteiger partial charge in [0.2, 0.25) is 0 Å². The summed E-state index contributed by atoms with van der Waals surface area (Å²) in [7, 11) is 0. The summed E-state index contributed by atoms with van der Waals surface area (Å²) in [6.07, 6.45) is 7.29. The van der Waals surface area contributed by atoms with Crippen molar-refractivity contribution in [3.05, 3.63) is 62.9 Å². The van der Waals surface area contributed by atoms with E-state index in [4.69, 9.17) is 9.97 Å². The van der Waals surface area contributed by atoms with E-state index in [9.17, 15) is 0 Å². The van der Waals surface area contributed by atoms with Crippen molar-refractivity contribution >= 4 is 108 Å². The van der Waals surface area contributed by atoms with Crippen molar-refractivity contribution in [2.45, 2.75) is 107 Å². The number of halogens is 4. The van der Waals surface area contributed by atoms with Crippen LogP contribution in [0.5, 0.6) is 0 Å². The largest absolute Gasteiger partial charge is 0.353 e. The lowest BCUT2D eigenvalue weighted by atomic mass is 9.98. The predicted molar refractivity (Wildman–Crippen MR) is 204 cm³/mol. The smallest absolute Gasteiger partial charge is 0.0836 e. The highest BCUT2D eigenvalue weighted by atomic mass is 79.9. The number of fused-ring (bicyclic) bond motifs is 8. The number of allylic oxidation sites excluding steroid dienone is 4. The number of nitrogens with one attached hydrogen (secondary N) is 2. The first-order valence-corrected chi connectivity index (χ1v) is 19.3. The Morgan fingerprint density at radius 1 is 0.364 bits per heavy atom. The van der Waals surface area contributed by atoms with Gasteiger partial charge in [0, 0.05) is 0 Å². The van der Waals surface area contributed by atoms with Crippen LogP contribution in [0, 0.1) is 0 Å². The number of aryl methyl sites for hydroxylation is 4. The van der Waals surface area contributed by atoms with Gasteiger partial charge in [0.15, 0.2) is 0 Å². The molecule has 0 aliphatic carbocycles. The molecule has 2 aliphatic rings. The molecule has 5 rings (SSSR count). The molecule has 0 radical (unpaired) electrons. The summed E-state index contributed by atoms with van der Waals surface area (Å²) >= 11 is 16.4. The van der Waals surface area contributed by atoms with Gasteiger partial charge >= 0.3 is 0 Å². The fourth-order valence-corrected chi connectivity index (χ4v) is 9.92. The molecule has 0 atom stereocenters. The summed E-state index contributed by atoms with van der Waals surface area (Å²) in [6.45, 7) is 17.9. The van der Waals surface area contributed by atoms with Crippen molar-refractivity contribution in [2.75, 3.05) is 0 Å². The molecule has 0 unspecified atom stereocenters. The highest BCUT2D eigenvalue weighted by Crippen LogP contribution is 2.46. The molecule has 0 amide bonds. The number of aromatic amines is 2. The van der Waals surface area contributed by atoms with E-state index in [0.29, 0.717) is 0 Å². The molecule has 8 heteroatoms. The molecule has 4 nitrogen and oxygen atoms in total. The first-order chi connectivity index (χ1) is 21.2. The molecule has 3 aromatic rings. The zero-order valence-electron chi connectivity index (χ0n) is 27.1. The van der Waals surface area contributed by atoms with Crippen LogP contribution < -0.4 is 0 Å². The molecule has 0 aromatic carbocycles. The lowest BCUT2D eigenvalue weighted by molar-refractivity contribution is 1.07. The Morgan fingerprint density at radius 3 is 0.727 bits per heavy atom. The van der Waals surface area contributed by atoms with E-state index in [1.54, 1.807) is 0 Å². The number of H-pyrrole nitrogens is 2. The van der Waals surface area contributed by atoms with Crippen LogP contribution in [0.2, 0.25) is 0 Å². The summed E-state index contributed by atoms with van der Waals surface area (Å²) in [5.74, 6) is 0. The fraction of sp³-hybridized carbons (Fsp3) is 0.444. The Bertz CT molecular complexity index is 1630. The maximum atomic E-state index is 5.42. The summed E-state index contributed by atoms with van der Waals surface area (Å²) < 4.78 is 4.09. The summed E-state index contributed by atoms with van der Waals surface area (Å²) in [6, 6.07) is 0. The molecule has 2 aliphatic heterocycles. The molecular weight excluding hydrogens is 808 g/mol. The van der Waals surface area contributed by atoms with Gasteiger partial charge in [0.05, 0.1) is 62.7 Å². The van der Waals surface area contributed by atoms with Crippen LogP contribution in [0.4, 0.5) is 0 Å². The van der Waals surface area contributed by atoms with Crippen LogP contribution in [0.25, 0.3) is 44.4 Å². The highest BCUT2D eigenvalue weighted by Gasteiger charge is 2.28. The van der Waals surface area contributed by atoms with Crippen LogP contribution in [0.3, 0.4) is 0 Å². The van der Waals surface area contributed by atoms with Gasteiger partial charge < -0.3 is 9.97 Å². The SMILES string of the molecule is CCC1=C(CC)c2nc1c(Br)c1[nH]c(c(Br)c3nc(c(Br)c4[nH]c(c2Br)c(CC)c4CC)C(CC)=C3CC)c(CC)c1CC. The lowest BCUT2D eigenvalue weighted by Gasteiger charge is -2.06. The van der Waals surface area contributed by atoms with Crippen LogP contribution >= 0.6 is 63.7 Å². The first kappa shape index (κ1) is 33.9. The highest BCUT2D eigenvalue weighted by molar-refractivity contribution is 9.11. The minimum Gasteiger partial charge on any atom is -0.353 e. The van der Waals surface area contributed by atoms with Gasteiger partial charge in [-0.15, -0.1) is 0 Å². The molecule has 0 spiro atoms. The number of rotatable bonds is 8. The zero-order valence-corrected chi connectivity index (χ0v) is 33.4. The molecule has 3 aromatic heterocycles. The molecule has 0 saturated carbocycles. The molecule has 2 N–H and O–H groups in total. The molecule has 0 saturated heterocycles. The van der Waals surface area contributed by atoms with E-state index in [1.165, 1.54) is 44.5 Å². The fourth-order valence-electron chi connectivity index (χ4n) is 7.25. The van der Waals surface area contributed by atoms with Gasteiger partial charge in [-0.1, -0.05) is 55.4 Å². The van der Waals surface area contributed by atoms with Gasteiger partial charge in [0.1, 0.15) is 0 Å². The van der Waals surface area contributed by atoms with E-state index in [0.717, 1.165) is 114 Å². The van der Waals surface area contributed by atoms with E-state index in [1.807, 2.05) is 0 Å². The van der Waals surface area contributed by atoms with E-state index in [-0.39, 0.29) is 0 Å². The van der Waals surface area contributed by atoms with Crippen LogP contribution in [0.1, 0.15) is 126 Å². The molecular formula is C36H42Br4N4. The van der Waals surface area contributed by atoms with Crippen molar-refractivity contribution in [1.82, 2.24) is 19.9 Å². The second-order valence-corrected chi connectivity index (χ2v) is 14.5. The van der Waals surface area contributed by atoms with Gasteiger partial charge in [0.25, 0.3) is 0 Å². The third-order valence-corrected chi connectivity index (χ3v) is 12.4. The van der Waals surface area contributed by atoms with Crippen molar-refractivity contribution in [2.24, 2.45) is 0 Å². The Hall–Kier alpha value is -1.48. The summed E-state index contributed by atoms with van der Waals surface area (Å²) in [5.41, 5.74) is 19.0. The van der Waals surface area contributed by atoms with Crippen LogP contribution in [-0.2, 0) is 25.7 Å². The van der Waals surface area contributed by atoms with Gasteiger partial charge in [-0.25, -0.2) is 9.97 Å². The molecule has 5 heterocycles. The number of hydrogen-bond acceptors (Lipinski definition) is 2. The zero-order chi connectivity index (χ0) is 32.0. The van der Waals surface area contributed by atoms with Crippen LogP contribution in [0.15, 0.2) is 17.9 Å². The summed E-state index contributed by atoms with van der Waals surface area (Å²) in [4.78, 5) is 18.6. The Morgan fingerprint density at radius 2 is 0.568 bits per heavy atom. The minimum atomic E-state index is 0.905. The topological polar surface area (TPSA) is 57.4 Å². The average Bonchev–Trinajstić information content (AvgIpc) is 3.80. The quantitative estimate of drug-likeness (QED) is 0.237. The van der Waals surface area contributed by atoms with Gasteiger partial charge in [-0.05, 0) is 160 Å². The Kier molecular flexibility index (Phi) is 10.6. The number of hydrogen-bond donors (Lipinski definition) is 2. The van der Waals surface area contributed by atoms with Crippen molar-refractivity contribution < 1.29 is 0 Å². The first-order valence-electron chi connectivity index (χ1n) is 16.1. The summed E-state index contributed by atoms with van der Waals surface area (Å²) in [5, 5.41) is 0. The van der Waals surface area contributed by atoms with Crippen molar-refractivity contribution in [3.8, 4) is 0 Å². The molecule has 44 heavy (non-hydrogen) atoms. The molecule has 0 fully saturated rings. The maximum absolute atomic E-state index is 5.42. The molecule has 234 valence electrons. The third-order valence-electron chi connectivity index (χ3n) is 9.29. The second kappa shape index (κ2) is 13.7. The maximum Gasteiger partial charge on any atom is 0.0836 e. The molecule has 8 bridgehead atoms. The standard InChI is InChI=1S/C36H42Br4N4/c1-9-17-18(10-2)30-26(38)32-21(13-5)22(14-6)34(43-32)28(40)36-24(16-8)23(15-7)35(44-36)27(39)33-20(12-4)19(11-3)31(42-33)25(37)29(17)41-30/h41,44H,9-16H2,1-8H3. The third kappa shape index (κ3) is 5.18. The monoisotopic (exact) mass is 846 g/mol. The van der Waals surface area contributed by atoms with E-state index in [2.05, 4.69) is 129 Å². The van der Waals surface area contributed by atoms with Gasteiger partial charge in [-0.2, -0.15) is 0 Å². The number of nitrogens with zero attached hydrogens (tertiary/aromatic N) is 2. The van der Waals surface area contributed by atoms with E-state index >= 15 is 0 Å². The Balaban J connectivity index is 2.18. The average molecular weight is 850 g/mol. The minimum absolute atomic E-state index is 0.905. The lowest BCUT2D eigenvalue weighted by Crippen LogP contribution is -1.90. The second-order valence-electron chi connectivity index (χ2n) is 11.3. The van der Waals surface area contributed by atoms with E-state index < -0.39 is 0 Å². The normalized spacial score (nSPS) is 13.5. The van der Waals surface area contributed by atoms with Crippen molar-refractivity contribution in [1.29, 1.82) is 0 Å². The predicted octanol–water partition coefficient (Wildman–Crippen LogP) is 13.1. The van der Waals surface area contributed by atoms with Crippen LogP contribution in [-0.4, -0.2) is 19.9 Å². The number of aromatic nitrogens is 4. The Labute approximate surface area is 295 Å². The van der Waals surface area contributed by atoms with Gasteiger partial charge in [-0.3, -0.25) is 0 Å². The van der Waals surface area contributed by atoms with Crippen molar-refractivity contribution in [3.63, 3.8) is 0 Å².